The highest BCUT2D eigenvalue weighted by Crippen LogP contribution is 2.34. The van der Waals surface area contributed by atoms with Crippen LogP contribution in [0.3, 0.4) is 0 Å². The Balaban J connectivity index is 1.99. The third-order valence-corrected chi connectivity index (χ3v) is 4.84. The van der Waals surface area contributed by atoms with Crippen molar-refractivity contribution in [1.82, 2.24) is 5.32 Å². The van der Waals surface area contributed by atoms with E-state index in [9.17, 15) is 0 Å². The van der Waals surface area contributed by atoms with Crippen molar-refractivity contribution in [3.05, 3.63) is 29.3 Å². The van der Waals surface area contributed by atoms with Gasteiger partial charge in [0, 0.05) is 21.2 Å². The van der Waals surface area contributed by atoms with E-state index in [4.69, 9.17) is 11.6 Å². The first-order valence-electron chi connectivity index (χ1n) is 5.89. The molecule has 0 heterocycles. The number of benzene rings is 1. The van der Waals surface area contributed by atoms with Gasteiger partial charge in [-0.15, -0.1) is 11.8 Å². The molecule has 2 unspecified atom stereocenters. The molecule has 1 aliphatic rings. The minimum atomic E-state index is 0.662. The zero-order valence-electron chi connectivity index (χ0n) is 9.58. The van der Waals surface area contributed by atoms with Gasteiger partial charge >= 0.3 is 0 Å². The van der Waals surface area contributed by atoms with E-state index >= 15 is 0 Å². The van der Waals surface area contributed by atoms with Crippen LogP contribution in [0.4, 0.5) is 0 Å². The molecule has 0 aliphatic heterocycles. The Labute approximate surface area is 107 Å². The van der Waals surface area contributed by atoms with Gasteiger partial charge in [-0.2, -0.15) is 0 Å². The normalized spacial score (nSPS) is 25.6. The van der Waals surface area contributed by atoms with Crippen LogP contribution >= 0.6 is 23.4 Å². The molecule has 0 bridgehead atoms. The summed E-state index contributed by atoms with van der Waals surface area (Å²) < 4.78 is 0. The largest absolute Gasteiger partial charge is 0.316 e. The molecule has 0 spiro atoms. The smallest absolute Gasteiger partial charge is 0.0406 e. The molecule has 1 nitrogen and oxygen atoms in total. The van der Waals surface area contributed by atoms with E-state index in [1.165, 1.54) is 30.6 Å². The Morgan fingerprint density at radius 2 is 1.88 bits per heavy atom. The Morgan fingerprint density at radius 3 is 2.56 bits per heavy atom. The van der Waals surface area contributed by atoms with E-state index in [0.29, 0.717) is 11.3 Å². The van der Waals surface area contributed by atoms with Gasteiger partial charge in [0.15, 0.2) is 0 Å². The quantitative estimate of drug-likeness (QED) is 0.877. The van der Waals surface area contributed by atoms with Crippen molar-refractivity contribution in [2.45, 2.75) is 41.9 Å². The first kappa shape index (κ1) is 12.3. The van der Waals surface area contributed by atoms with Crippen LogP contribution in [-0.4, -0.2) is 18.3 Å². The maximum atomic E-state index is 5.89. The number of nitrogens with one attached hydrogen (secondary N) is 1. The number of hydrogen-bond donors (Lipinski definition) is 1. The highest BCUT2D eigenvalue weighted by molar-refractivity contribution is 8.00. The van der Waals surface area contributed by atoms with Crippen molar-refractivity contribution < 1.29 is 0 Å². The third-order valence-electron chi connectivity index (χ3n) is 3.17. The standard InChI is InChI=1S/C13H18ClNS/c1-15-12-4-2-3-5-13(12)16-11-8-6-10(14)7-9-11/h6-9,12-13,15H,2-5H2,1H3. The Bertz CT molecular complexity index is 325. The Hall–Kier alpha value is -0.180. The average molecular weight is 256 g/mol. The molecule has 2 rings (SSSR count). The maximum absolute atomic E-state index is 5.89. The second-order valence-electron chi connectivity index (χ2n) is 4.29. The van der Waals surface area contributed by atoms with Gasteiger partial charge in [-0.05, 0) is 44.2 Å². The first-order valence-corrected chi connectivity index (χ1v) is 7.15. The molecule has 16 heavy (non-hydrogen) atoms. The highest BCUT2D eigenvalue weighted by atomic mass is 35.5. The van der Waals surface area contributed by atoms with E-state index < -0.39 is 0 Å². The summed E-state index contributed by atoms with van der Waals surface area (Å²) in [6.45, 7) is 0. The average Bonchev–Trinajstić information content (AvgIpc) is 2.33. The second kappa shape index (κ2) is 5.95. The molecule has 1 fully saturated rings. The van der Waals surface area contributed by atoms with Gasteiger partial charge in [0.25, 0.3) is 0 Å². The summed E-state index contributed by atoms with van der Waals surface area (Å²) in [4.78, 5) is 1.33. The van der Waals surface area contributed by atoms with Gasteiger partial charge in [-0.25, -0.2) is 0 Å². The van der Waals surface area contributed by atoms with Gasteiger partial charge in [0.05, 0.1) is 0 Å². The predicted molar refractivity (Wildman–Crippen MR) is 72.4 cm³/mol. The summed E-state index contributed by atoms with van der Waals surface area (Å²) in [5.41, 5.74) is 0. The number of thioether (sulfide) groups is 1. The van der Waals surface area contributed by atoms with Gasteiger partial charge in [-0.3, -0.25) is 0 Å². The van der Waals surface area contributed by atoms with E-state index in [2.05, 4.69) is 24.5 Å². The molecule has 1 N–H and O–H groups in total. The lowest BCUT2D eigenvalue weighted by Gasteiger charge is -2.30. The zero-order valence-corrected chi connectivity index (χ0v) is 11.2. The summed E-state index contributed by atoms with van der Waals surface area (Å²) in [6.07, 6.45) is 5.35. The maximum Gasteiger partial charge on any atom is 0.0406 e. The fourth-order valence-electron chi connectivity index (χ4n) is 2.26. The monoisotopic (exact) mass is 255 g/mol. The van der Waals surface area contributed by atoms with Crippen LogP contribution < -0.4 is 5.32 Å². The lowest BCUT2D eigenvalue weighted by Crippen LogP contribution is -2.38. The molecule has 0 saturated heterocycles. The molecule has 0 aromatic heterocycles. The number of hydrogen-bond acceptors (Lipinski definition) is 2. The van der Waals surface area contributed by atoms with E-state index in [0.717, 1.165) is 5.02 Å². The second-order valence-corrected chi connectivity index (χ2v) is 6.04. The number of rotatable bonds is 3. The molecular formula is C13H18ClNS. The molecule has 3 heteroatoms. The fourth-order valence-corrected chi connectivity index (χ4v) is 3.75. The summed E-state index contributed by atoms with van der Waals surface area (Å²) in [5.74, 6) is 0. The van der Waals surface area contributed by atoms with Crippen LogP contribution in [0.25, 0.3) is 0 Å². The summed E-state index contributed by atoms with van der Waals surface area (Å²) in [5, 5.41) is 4.96. The van der Waals surface area contributed by atoms with Gasteiger partial charge in [0.1, 0.15) is 0 Å². The van der Waals surface area contributed by atoms with E-state index in [-0.39, 0.29) is 0 Å². The molecule has 1 saturated carbocycles. The summed E-state index contributed by atoms with van der Waals surface area (Å²) in [6, 6.07) is 8.85. The van der Waals surface area contributed by atoms with Crippen molar-refractivity contribution >= 4 is 23.4 Å². The molecular weight excluding hydrogens is 238 g/mol. The van der Waals surface area contributed by atoms with Crippen LogP contribution in [0.15, 0.2) is 29.2 Å². The third kappa shape index (κ3) is 3.16. The zero-order chi connectivity index (χ0) is 11.4. The molecule has 1 aromatic carbocycles. The molecule has 1 aliphatic carbocycles. The number of halogens is 1. The van der Waals surface area contributed by atoms with Crippen molar-refractivity contribution in [3.8, 4) is 0 Å². The lowest BCUT2D eigenvalue weighted by molar-refractivity contribution is 0.405. The van der Waals surface area contributed by atoms with E-state index in [1.54, 1.807) is 0 Å². The predicted octanol–water partition coefficient (Wildman–Crippen LogP) is 3.96. The van der Waals surface area contributed by atoms with Crippen LogP contribution in [-0.2, 0) is 0 Å². The molecule has 1 aromatic rings. The first-order chi connectivity index (χ1) is 7.79. The Kier molecular flexibility index (Phi) is 4.56. The molecule has 88 valence electrons. The summed E-state index contributed by atoms with van der Waals surface area (Å²) in [7, 11) is 2.07. The van der Waals surface area contributed by atoms with Gasteiger partial charge in [-0.1, -0.05) is 24.4 Å². The SMILES string of the molecule is CNC1CCCCC1Sc1ccc(Cl)cc1. The fraction of sp³-hybridized carbons (Fsp3) is 0.538. The van der Waals surface area contributed by atoms with Crippen LogP contribution in [0.2, 0.25) is 5.02 Å². The van der Waals surface area contributed by atoms with Gasteiger partial charge in [0.2, 0.25) is 0 Å². The molecule has 0 amide bonds. The Morgan fingerprint density at radius 1 is 1.19 bits per heavy atom. The van der Waals surface area contributed by atoms with Gasteiger partial charge < -0.3 is 5.32 Å². The molecule has 0 radical (unpaired) electrons. The lowest BCUT2D eigenvalue weighted by atomic mass is 9.95. The van der Waals surface area contributed by atoms with Crippen molar-refractivity contribution in [3.63, 3.8) is 0 Å². The van der Waals surface area contributed by atoms with Crippen molar-refractivity contribution in [2.75, 3.05) is 7.05 Å². The van der Waals surface area contributed by atoms with Crippen LogP contribution in [0.5, 0.6) is 0 Å². The minimum Gasteiger partial charge on any atom is -0.316 e. The van der Waals surface area contributed by atoms with Crippen molar-refractivity contribution in [2.24, 2.45) is 0 Å². The molecule has 2 atom stereocenters. The van der Waals surface area contributed by atoms with Crippen LogP contribution in [0.1, 0.15) is 25.7 Å². The highest BCUT2D eigenvalue weighted by Gasteiger charge is 2.24. The topological polar surface area (TPSA) is 12.0 Å². The minimum absolute atomic E-state index is 0.662. The van der Waals surface area contributed by atoms with E-state index in [1.807, 2.05) is 23.9 Å². The summed E-state index contributed by atoms with van der Waals surface area (Å²) >= 11 is 7.87. The van der Waals surface area contributed by atoms with Crippen molar-refractivity contribution in [1.29, 1.82) is 0 Å². The van der Waals surface area contributed by atoms with Crippen LogP contribution in [0, 0.1) is 0 Å².